The average molecular weight is 418 g/mol. The average Bonchev–Trinajstić information content (AvgIpc) is 2.70. The van der Waals surface area contributed by atoms with Gasteiger partial charge in [-0.2, -0.15) is 0 Å². The minimum atomic E-state index is -0.577. The molecule has 31 heavy (non-hydrogen) atoms. The predicted octanol–water partition coefficient (Wildman–Crippen LogP) is 6.05. The Morgan fingerprint density at radius 2 is 1.58 bits per heavy atom. The first kappa shape index (κ1) is 21.8. The Morgan fingerprint density at radius 1 is 0.871 bits per heavy atom. The van der Waals surface area contributed by atoms with E-state index in [0.717, 1.165) is 16.8 Å². The Hall–Kier alpha value is -3.87. The summed E-state index contributed by atoms with van der Waals surface area (Å²) in [5.41, 5.74) is 3.84. The lowest BCUT2D eigenvalue weighted by Gasteiger charge is -2.20. The van der Waals surface area contributed by atoms with Crippen LogP contribution in [-0.2, 0) is 4.74 Å². The van der Waals surface area contributed by atoms with Crippen LogP contribution >= 0.6 is 0 Å². The number of aromatic nitrogens is 1. The molecule has 1 aromatic heterocycles. The number of carbonyl (C=O) groups excluding carboxylic acids is 2. The minimum absolute atomic E-state index is 0.384. The van der Waals surface area contributed by atoms with Gasteiger partial charge in [0, 0.05) is 16.9 Å². The Balaban J connectivity index is 1.58. The number of aryl methyl sites for hydroxylation is 1. The molecule has 3 N–H and O–H groups in total. The third kappa shape index (κ3) is 6.57. The molecule has 0 atom stereocenters. The fraction of sp³-hybridized carbons (Fsp3) is 0.208. The van der Waals surface area contributed by atoms with E-state index < -0.39 is 11.7 Å². The first-order valence-electron chi connectivity index (χ1n) is 9.90. The van der Waals surface area contributed by atoms with E-state index in [1.165, 1.54) is 0 Å². The Kier molecular flexibility index (Phi) is 6.55. The molecule has 160 valence electrons. The Morgan fingerprint density at radius 3 is 2.19 bits per heavy atom. The fourth-order valence-electron chi connectivity index (χ4n) is 2.84. The summed E-state index contributed by atoms with van der Waals surface area (Å²) in [7, 11) is 0. The smallest absolute Gasteiger partial charge is 0.412 e. The highest BCUT2D eigenvalue weighted by molar-refractivity contribution is 6.00. The molecule has 0 saturated heterocycles. The molecule has 1 heterocycles. The van der Waals surface area contributed by atoms with Gasteiger partial charge < -0.3 is 15.4 Å². The van der Waals surface area contributed by atoms with Crippen molar-refractivity contribution in [1.29, 1.82) is 0 Å². The zero-order valence-corrected chi connectivity index (χ0v) is 18.0. The van der Waals surface area contributed by atoms with Crippen LogP contribution in [0.2, 0.25) is 0 Å². The molecule has 3 aromatic rings. The van der Waals surface area contributed by atoms with E-state index in [0.29, 0.717) is 17.1 Å². The number of anilines is 3. The van der Waals surface area contributed by atoms with Gasteiger partial charge in [0.15, 0.2) is 0 Å². The third-order valence-electron chi connectivity index (χ3n) is 4.21. The number of urea groups is 1. The maximum atomic E-state index is 12.4. The molecule has 7 heteroatoms. The van der Waals surface area contributed by atoms with E-state index in [9.17, 15) is 9.59 Å². The van der Waals surface area contributed by atoms with Crippen LogP contribution in [0.4, 0.5) is 26.7 Å². The van der Waals surface area contributed by atoms with Gasteiger partial charge in [0.1, 0.15) is 5.60 Å². The third-order valence-corrected chi connectivity index (χ3v) is 4.21. The van der Waals surface area contributed by atoms with Crippen molar-refractivity contribution in [3.05, 3.63) is 72.4 Å². The Labute approximate surface area is 181 Å². The molecule has 0 spiro atoms. The number of hydrogen-bond acceptors (Lipinski definition) is 4. The summed E-state index contributed by atoms with van der Waals surface area (Å²) >= 11 is 0. The summed E-state index contributed by atoms with van der Waals surface area (Å²) in [5.74, 6) is 0. The molecule has 2 aromatic carbocycles. The van der Waals surface area contributed by atoms with Crippen LogP contribution < -0.4 is 16.0 Å². The summed E-state index contributed by atoms with van der Waals surface area (Å²) in [5, 5.41) is 8.25. The lowest BCUT2D eigenvalue weighted by atomic mass is 10.1. The zero-order chi connectivity index (χ0) is 22.4. The van der Waals surface area contributed by atoms with E-state index >= 15 is 0 Å². The highest BCUT2D eigenvalue weighted by atomic mass is 16.6. The van der Waals surface area contributed by atoms with Gasteiger partial charge in [-0.1, -0.05) is 30.3 Å². The van der Waals surface area contributed by atoms with Gasteiger partial charge in [-0.3, -0.25) is 10.3 Å². The number of benzene rings is 2. The summed E-state index contributed by atoms with van der Waals surface area (Å²) in [6.45, 7) is 7.24. The number of pyridine rings is 1. The monoisotopic (exact) mass is 418 g/mol. The minimum Gasteiger partial charge on any atom is -0.444 e. The van der Waals surface area contributed by atoms with E-state index in [2.05, 4.69) is 20.9 Å². The maximum Gasteiger partial charge on any atom is 0.412 e. The molecular weight excluding hydrogens is 392 g/mol. The van der Waals surface area contributed by atoms with Crippen molar-refractivity contribution >= 4 is 29.2 Å². The number of hydrogen-bond donors (Lipinski definition) is 3. The molecule has 0 fully saturated rings. The lowest BCUT2D eigenvalue weighted by molar-refractivity contribution is 0.0636. The van der Waals surface area contributed by atoms with Gasteiger partial charge in [-0.25, -0.2) is 9.59 Å². The quantitative estimate of drug-likeness (QED) is 0.481. The van der Waals surface area contributed by atoms with Gasteiger partial charge in [0.25, 0.3) is 0 Å². The van der Waals surface area contributed by atoms with E-state index in [1.54, 1.807) is 51.2 Å². The predicted molar refractivity (Wildman–Crippen MR) is 123 cm³/mol. The van der Waals surface area contributed by atoms with Crippen LogP contribution in [-0.4, -0.2) is 22.7 Å². The van der Waals surface area contributed by atoms with Gasteiger partial charge in [-0.05, 0) is 63.6 Å². The van der Waals surface area contributed by atoms with E-state index in [1.807, 2.05) is 43.3 Å². The van der Waals surface area contributed by atoms with Crippen molar-refractivity contribution in [3.8, 4) is 11.3 Å². The molecule has 0 aliphatic carbocycles. The van der Waals surface area contributed by atoms with Crippen LogP contribution in [0.25, 0.3) is 11.3 Å². The number of ether oxygens (including phenoxy) is 1. The number of carbonyl (C=O) groups is 2. The van der Waals surface area contributed by atoms with Crippen molar-refractivity contribution in [1.82, 2.24) is 4.98 Å². The second-order valence-corrected chi connectivity index (χ2v) is 8.03. The summed E-state index contributed by atoms with van der Waals surface area (Å²) in [6.07, 6.45) is 1.08. The van der Waals surface area contributed by atoms with Crippen LogP contribution in [0.3, 0.4) is 0 Å². The fourth-order valence-corrected chi connectivity index (χ4v) is 2.84. The number of nitrogens with zero attached hydrogens (tertiary/aromatic N) is 1. The molecule has 0 radical (unpaired) electrons. The topological polar surface area (TPSA) is 92.4 Å². The van der Waals surface area contributed by atoms with Crippen molar-refractivity contribution in [2.45, 2.75) is 33.3 Å². The summed E-state index contributed by atoms with van der Waals surface area (Å²) in [4.78, 5) is 28.7. The van der Waals surface area contributed by atoms with Crippen molar-refractivity contribution < 1.29 is 14.3 Å². The molecule has 0 aliphatic heterocycles. The molecule has 0 bridgehead atoms. The van der Waals surface area contributed by atoms with Crippen LogP contribution in [0.15, 0.2) is 66.9 Å². The summed E-state index contributed by atoms with van der Waals surface area (Å²) in [6, 6.07) is 18.3. The first-order chi connectivity index (χ1) is 14.7. The highest BCUT2D eigenvalue weighted by Crippen LogP contribution is 2.22. The van der Waals surface area contributed by atoms with Crippen LogP contribution in [0, 0.1) is 6.92 Å². The van der Waals surface area contributed by atoms with Crippen molar-refractivity contribution in [2.24, 2.45) is 0 Å². The second-order valence-electron chi connectivity index (χ2n) is 8.03. The van der Waals surface area contributed by atoms with E-state index in [4.69, 9.17) is 4.74 Å². The number of nitrogens with one attached hydrogen (secondary N) is 3. The van der Waals surface area contributed by atoms with Crippen molar-refractivity contribution in [3.63, 3.8) is 0 Å². The van der Waals surface area contributed by atoms with Gasteiger partial charge in [0.05, 0.1) is 17.6 Å². The lowest BCUT2D eigenvalue weighted by Crippen LogP contribution is -2.27. The van der Waals surface area contributed by atoms with Crippen molar-refractivity contribution in [2.75, 3.05) is 16.0 Å². The standard InChI is InChI=1S/C24H26N4O3/c1-16-14-18(27-23(30)31-24(2,3)4)10-12-20(16)28-22(29)26-19-11-13-21(25-15-19)17-8-6-5-7-9-17/h5-15H,1-4H3,(H,27,30)(H2,26,28,29). The molecule has 3 rings (SSSR count). The number of rotatable bonds is 4. The second kappa shape index (κ2) is 9.30. The molecule has 0 unspecified atom stereocenters. The first-order valence-corrected chi connectivity index (χ1v) is 9.90. The van der Waals surface area contributed by atoms with E-state index in [-0.39, 0.29) is 6.03 Å². The van der Waals surface area contributed by atoms with Gasteiger partial charge in [0.2, 0.25) is 0 Å². The SMILES string of the molecule is Cc1cc(NC(=O)OC(C)(C)C)ccc1NC(=O)Nc1ccc(-c2ccccc2)nc1. The maximum absolute atomic E-state index is 12.4. The normalized spacial score (nSPS) is 10.8. The van der Waals surface area contributed by atoms with Gasteiger partial charge in [-0.15, -0.1) is 0 Å². The summed E-state index contributed by atoms with van der Waals surface area (Å²) < 4.78 is 5.24. The molecule has 7 nitrogen and oxygen atoms in total. The molecule has 0 saturated carbocycles. The van der Waals surface area contributed by atoms with Crippen LogP contribution in [0.1, 0.15) is 26.3 Å². The van der Waals surface area contributed by atoms with Crippen LogP contribution in [0.5, 0.6) is 0 Å². The Bertz CT molecular complexity index is 1060. The highest BCUT2D eigenvalue weighted by Gasteiger charge is 2.16. The van der Waals surface area contributed by atoms with Gasteiger partial charge >= 0.3 is 12.1 Å². The zero-order valence-electron chi connectivity index (χ0n) is 18.0. The molecule has 3 amide bonds. The largest absolute Gasteiger partial charge is 0.444 e. The molecule has 0 aliphatic rings. The number of amides is 3. The molecular formula is C24H26N4O3.